The summed E-state index contributed by atoms with van der Waals surface area (Å²) in [4.78, 5) is 31.7. The third-order valence-electron chi connectivity index (χ3n) is 3.00. The van der Waals surface area contributed by atoms with E-state index < -0.39 is 5.97 Å². The summed E-state index contributed by atoms with van der Waals surface area (Å²) in [6, 6.07) is 7.10. The fourth-order valence-electron chi connectivity index (χ4n) is 1.88. The summed E-state index contributed by atoms with van der Waals surface area (Å²) >= 11 is 1.10. The lowest BCUT2D eigenvalue weighted by molar-refractivity contribution is -0.113. The molecule has 0 saturated carbocycles. The maximum atomic E-state index is 12.1. The average Bonchev–Trinajstić information content (AvgIpc) is 2.60. The lowest BCUT2D eigenvalue weighted by atomic mass is 10.3. The van der Waals surface area contributed by atoms with Crippen LogP contribution in [0.3, 0.4) is 0 Å². The second kappa shape index (κ2) is 8.88. The molecule has 0 aliphatic rings. The molecule has 3 N–H and O–H groups in total. The number of nitrogen functional groups attached to an aromatic ring is 1. The van der Waals surface area contributed by atoms with Crippen LogP contribution in [0.5, 0.6) is 5.75 Å². The number of para-hydroxylation sites is 2. The van der Waals surface area contributed by atoms with Gasteiger partial charge in [-0.1, -0.05) is 23.9 Å². The molecule has 0 saturated heterocycles. The predicted molar refractivity (Wildman–Crippen MR) is 94.7 cm³/mol. The largest absolute Gasteiger partial charge is 0.495 e. The summed E-state index contributed by atoms with van der Waals surface area (Å²) in [6.07, 6.45) is 1.29. The van der Waals surface area contributed by atoms with Gasteiger partial charge < -0.3 is 20.5 Å². The molecule has 0 atom stereocenters. The van der Waals surface area contributed by atoms with Gasteiger partial charge in [-0.25, -0.2) is 14.8 Å². The first-order chi connectivity index (χ1) is 12.0. The molecule has 9 heteroatoms. The number of anilines is 2. The summed E-state index contributed by atoms with van der Waals surface area (Å²) in [5.74, 6) is -0.159. The van der Waals surface area contributed by atoms with Gasteiger partial charge in [0.05, 0.1) is 25.2 Å². The molecule has 0 fully saturated rings. The van der Waals surface area contributed by atoms with E-state index in [1.165, 1.54) is 13.3 Å². The highest BCUT2D eigenvalue weighted by Gasteiger charge is 2.15. The van der Waals surface area contributed by atoms with E-state index in [2.05, 4.69) is 15.3 Å². The molecule has 2 aromatic rings. The highest BCUT2D eigenvalue weighted by Crippen LogP contribution is 2.24. The number of amides is 1. The van der Waals surface area contributed by atoms with Crippen LogP contribution < -0.4 is 15.8 Å². The first-order valence-electron chi connectivity index (χ1n) is 7.40. The average molecular weight is 362 g/mol. The minimum absolute atomic E-state index is 0.0149. The van der Waals surface area contributed by atoms with Gasteiger partial charge in [-0.05, 0) is 19.1 Å². The molecule has 1 heterocycles. The normalized spacial score (nSPS) is 10.2. The Morgan fingerprint density at radius 1 is 1.32 bits per heavy atom. The van der Waals surface area contributed by atoms with Gasteiger partial charge in [0.25, 0.3) is 0 Å². The number of ether oxygens (including phenoxy) is 2. The van der Waals surface area contributed by atoms with Crippen molar-refractivity contribution in [3.63, 3.8) is 0 Å². The summed E-state index contributed by atoms with van der Waals surface area (Å²) in [5, 5.41) is 3.04. The summed E-state index contributed by atoms with van der Waals surface area (Å²) in [7, 11) is 1.53. The zero-order valence-corrected chi connectivity index (χ0v) is 14.6. The molecule has 0 unspecified atom stereocenters. The molecule has 0 aliphatic heterocycles. The number of aromatic nitrogens is 2. The minimum Gasteiger partial charge on any atom is -0.495 e. The number of hydrogen-bond donors (Lipinski definition) is 2. The topological polar surface area (TPSA) is 116 Å². The van der Waals surface area contributed by atoms with Crippen molar-refractivity contribution < 1.29 is 19.1 Å². The third kappa shape index (κ3) is 5.08. The molecule has 0 radical (unpaired) electrons. The van der Waals surface area contributed by atoms with Crippen molar-refractivity contribution in [2.24, 2.45) is 0 Å². The molecule has 25 heavy (non-hydrogen) atoms. The van der Waals surface area contributed by atoms with Crippen molar-refractivity contribution in [2.75, 3.05) is 30.5 Å². The van der Waals surface area contributed by atoms with Gasteiger partial charge >= 0.3 is 5.97 Å². The maximum absolute atomic E-state index is 12.1. The highest BCUT2D eigenvalue weighted by molar-refractivity contribution is 7.99. The fraction of sp³-hybridized carbons (Fsp3) is 0.250. The number of esters is 1. The van der Waals surface area contributed by atoms with E-state index in [-0.39, 0.29) is 29.6 Å². The highest BCUT2D eigenvalue weighted by atomic mass is 32.2. The third-order valence-corrected chi connectivity index (χ3v) is 3.87. The quantitative estimate of drug-likeness (QED) is 0.436. The van der Waals surface area contributed by atoms with Gasteiger partial charge in [-0.3, -0.25) is 4.79 Å². The van der Waals surface area contributed by atoms with Crippen molar-refractivity contribution in [1.82, 2.24) is 9.97 Å². The molecule has 8 nitrogen and oxygen atoms in total. The van der Waals surface area contributed by atoms with Crippen LogP contribution in [0.1, 0.15) is 17.3 Å². The fourth-order valence-corrected chi connectivity index (χ4v) is 2.50. The lowest BCUT2D eigenvalue weighted by Crippen LogP contribution is -2.15. The number of nitrogens with zero attached hydrogens (tertiary/aromatic N) is 2. The smallest absolute Gasteiger partial charge is 0.343 e. The second-order valence-corrected chi connectivity index (χ2v) is 5.65. The summed E-state index contributed by atoms with van der Waals surface area (Å²) in [6.45, 7) is 1.93. The second-order valence-electron chi connectivity index (χ2n) is 4.71. The van der Waals surface area contributed by atoms with E-state index in [1.54, 1.807) is 25.1 Å². The molecule has 132 valence electrons. The molecule has 1 aromatic carbocycles. The summed E-state index contributed by atoms with van der Waals surface area (Å²) < 4.78 is 10.0. The monoisotopic (exact) mass is 362 g/mol. The number of benzene rings is 1. The molecule has 1 aromatic heterocycles. The van der Waals surface area contributed by atoms with Crippen molar-refractivity contribution in [3.05, 3.63) is 36.0 Å². The molecule has 0 bridgehead atoms. The number of methoxy groups -OCH3 is 1. The van der Waals surface area contributed by atoms with Gasteiger partial charge in [0.2, 0.25) is 5.91 Å². The van der Waals surface area contributed by atoms with E-state index in [1.807, 2.05) is 6.07 Å². The Balaban J connectivity index is 1.95. The van der Waals surface area contributed by atoms with Crippen LogP contribution in [-0.2, 0) is 9.53 Å². The zero-order chi connectivity index (χ0) is 18.2. The number of carbonyl (C=O) groups is 2. The molecule has 0 aliphatic carbocycles. The van der Waals surface area contributed by atoms with Crippen LogP contribution in [0.4, 0.5) is 11.5 Å². The molecular formula is C16H18N4O4S. The Labute approximate surface area is 149 Å². The lowest BCUT2D eigenvalue weighted by Gasteiger charge is -2.09. The van der Waals surface area contributed by atoms with Crippen LogP contribution in [-0.4, -0.2) is 41.3 Å². The Morgan fingerprint density at radius 3 is 2.76 bits per heavy atom. The Hall–Kier alpha value is -2.81. The molecule has 0 spiro atoms. The van der Waals surface area contributed by atoms with Crippen LogP contribution >= 0.6 is 11.8 Å². The molecule has 2 rings (SSSR count). The van der Waals surface area contributed by atoms with Crippen molar-refractivity contribution in [3.8, 4) is 5.75 Å². The number of thioether (sulfide) groups is 1. The van der Waals surface area contributed by atoms with Crippen LogP contribution in [0.15, 0.2) is 35.6 Å². The number of rotatable bonds is 7. The van der Waals surface area contributed by atoms with Crippen LogP contribution in [0, 0.1) is 0 Å². The molecular weight excluding hydrogens is 344 g/mol. The van der Waals surface area contributed by atoms with Gasteiger partial charge in [0, 0.05) is 6.20 Å². The number of nitrogens with two attached hydrogens (primary N) is 1. The zero-order valence-electron chi connectivity index (χ0n) is 13.8. The SMILES string of the molecule is CCOC(=O)c1cnc(SCC(=O)Nc2ccccc2OC)nc1N. The number of hydrogen-bond acceptors (Lipinski definition) is 8. The van der Waals surface area contributed by atoms with Crippen molar-refractivity contribution in [1.29, 1.82) is 0 Å². The Kier molecular flexibility index (Phi) is 6.58. The first-order valence-corrected chi connectivity index (χ1v) is 8.39. The maximum Gasteiger partial charge on any atom is 0.343 e. The number of nitrogens with one attached hydrogen (secondary N) is 1. The standard InChI is InChI=1S/C16H18N4O4S/c1-3-24-15(22)10-8-18-16(20-14(10)17)25-9-13(21)19-11-6-4-5-7-12(11)23-2/h4-8H,3,9H2,1-2H3,(H,19,21)(H2,17,18,20). The van der Waals surface area contributed by atoms with Gasteiger partial charge in [-0.15, -0.1) is 0 Å². The molecule has 1 amide bonds. The van der Waals surface area contributed by atoms with Crippen molar-refractivity contribution >= 4 is 35.1 Å². The van der Waals surface area contributed by atoms with E-state index in [0.717, 1.165) is 11.8 Å². The van der Waals surface area contributed by atoms with Gasteiger partial charge in [-0.2, -0.15) is 0 Å². The van der Waals surface area contributed by atoms with Crippen LogP contribution in [0.2, 0.25) is 0 Å². The minimum atomic E-state index is -0.578. The Morgan fingerprint density at radius 2 is 2.08 bits per heavy atom. The van der Waals surface area contributed by atoms with E-state index in [4.69, 9.17) is 15.2 Å². The van der Waals surface area contributed by atoms with Crippen molar-refractivity contribution in [2.45, 2.75) is 12.1 Å². The van der Waals surface area contributed by atoms with E-state index >= 15 is 0 Å². The first kappa shape index (κ1) is 18.5. The van der Waals surface area contributed by atoms with E-state index in [9.17, 15) is 9.59 Å². The Bertz CT molecular complexity index is 770. The van der Waals surface area contributed by atoms with Gasteiger partial charge in [0.1, 0.15) is 17.1 Å². The van der Waals surface area contributed by atoms with Crippen LogP contribution in [0.25, 0.3) is 0 Å². The predicted octanol–water partition coefficient (Wildman–Crippen LogP) is 1.97. The van der Waals surface area contributed by atoms with E-state index in [0.29, 0.717) is 16.6 Å². The number of carbonyl (C=O) groups excluding carboxylic acids is 2. The summed E-state index contributed by atoms with van der Waals surface area (Å²) in [5.41, 5.74) is 6.42. The van der Waals surface area contributed by atoms with Gasteiger partial charge in [0.15, 0.2) is 5.16 Å².